The van der Waals surface area contributed by atoms with Gasteiger partial charge in [-0.25, -0.2) is 0 Å². The van der Waals surface area contributed by atoms with Crippen molar-refractivity contribution in [3.05, 3.63) is 60.2 Å². The SMILES string of the molecule is CCCO[C@](O)(C=O)c1ccc(-c2ccccc2)cc1. The first-order valence-corrected chi connectivity index (χ1v) is 6.68. The summed E-state index contributed by atoms with van der Waals surface area (Å²) >= 11 is 0. The Hall–Kier alpha value is -1.97. The van der Waals surface area contributed by atoms with E-state index in [1.165, 1.54) is 0 Å². The molecule has 0 amide bonds. The molecule has 0 aliphatic heterocycles. The van der Waals surface area contributed by atoms with Crippen molar-refractivity contribution in [2.45, 2.75) is 19.1 Å². The lowest BCUT2D eigenvalue weighted by Crippen LogP contribution is -2.31. The van der Waals surface area contributed by atoms with Gasteiger partial charge in [0.05, 0.1) is 6.61 Å². The predicted molar refractivity (Wildman–Crippen MR) is 78.1 cm³/mol. The Kier molecular flexibility index (Phi) is 4.66. The summed E-state index contributed by atoms with van der Waals surface area (Å²) in [5.41, 5.74) is 2.56. The third-order valence-electron chi connectivity index (χ3n) is 3.09. The molecule has 0 saturated heterocycles. The third-order valence-corrected chi connectivity index (χ3v) is 3.09. The number of aliphatic hydroxyl groups is 1. The minimum Gasteiger partial charge on any atom is -0.356 e. The van der Waals surface area contributed by atoms with E-state index in [4.69, 9.17) is 4.74 Å². The van der Waals surface area contributed by atoms with Crippen molar-refractivity contribution in [3.63, 3.8) is 0 Å². The fraction of sp³-hybridized carbons (Fsp3) is 0.235. The highest BCUT2D eigenvalue weighted by Gasteiger charge is 2.29. The van der Waals surface area contributed by atoms with Gasteiger partial charge in [-0.05, 0) is 17.5 Å². The van der Waals surface area contributed by atoms with Crippen LogP contribution in [0.3, 0.4) is 0 Å². The van der Waals surface area contributed by atoms with Crippen LogP contribution in [-0.4, -0.2) is 18.0 Å². The summed E-state index contributed by atoms with van der Waals surface area (Å²) in [4.78, 5) is 11.1. The number of rotatable bonds is 6. The minimum atomic E-state index is -1.86. The molecule has 2 aromatic rings. The fourth-order valence-corrected chi connectivity index (χ4v) is 1.98. The van der Waals surface area contributed by atoms with E-state index in [2.05, 4.69) is 0 Å². The number of hydrogen-bond acceptors (Lipinski definition) is 3. The minimum absolute atomic E-state index is 0.329. The second kappa shape index (κ2) is 6.46. The molecular weight excluding hydrogens is 252 g/mol. The van der Waals surface area contributed by atoms with Crippen molar-refractivity contribution < 1.29 is 14.6 Å². The Morgan fingerprint density at radius 1 is 1.05 bits per heavy atom. The molecule has 0 heterocycles. The van der Waals surface area contributed by atoms with Crippen LogP contribution in [0.25, 0.3) is 11.1 Å². The van der Waals surface area contributed by atoms with E-state index in [1.807, 2.05) is 49.4 Å². The van der Waals surface area contributed by atoms with Gasteiger partial charge in [0.15, 0.2) is 6.29 Å². The largest absolute Gasteiger partial charge is 0.356 e. The molecule has 0 aliphatic rings. The van der Waals surface area contributed by atoms with Crippen LogP contribution in [0.5, 0.6) is 0 Å². The van der Waals surface area contributed by atoms with Crippen LogP contribution in [0.2, 0.25) is 0 Å². The highest BCUT2D eigenvalue weighted by atomic mass is 16.6. The molecule has 2 aromatic carbocycles. The molecule has 0 bridgehead atoms. The van der Waals surface area contributed by atoms with E-state index >= 15 is 0 Å². The van der Waals surface area contributed by atoms with Crippen LogP contribution in [0, 0.1) is 0 Å². The fourth-order valence-electron chi connectivity index (χ4n) is 1.98. The van der Waals surface area contributed by atoms with Gasteiger partial charge in [-0.15, -0.1) is 0 Å². The molecule has 0 spiro atoms. The number of carbonyl (C=O) groups is 1. The molecular formula is C17H18O3. The maximum Gasteiger partial charge on any atom is 0.250 e. The van der Waals surface area contributed by atoms with Crippen LogP contribution in [-0.2, 0) is 15.3 Å². The smallest absolute Gasteiger partial charge is 0.250 e. The van der Waals surface area contributed by atoms with Gasteiger partial charge < -0.3 is 9.84 Å². The Balaban J connectivity index is 2.25. The van der Waals surface area contributed by atoms with E-state index < -0.39 is 5.79 Å². The molecule has 2 rings (SSSR count). The summed E-state index contributed by atoms with van der Waals surface area (Å²) < 4.78 is 5.25. The van der Waals surface area contributed by atoms with Crippen LogP contribution in [0.15, 0.2) is 54.6 Å². The maximum atomic E-state index is 11.1. The zero-order valence-corrected chi connectivity index (χ0v) is 11.5. The molecule has 3 heteroatoms. The first-order valence-electron chi connectivity index (χ1n) is 6.68. The molecule has 3 nitrogen and oxygen atoms in total. The Morgan fingerprint density at radius 3 is 2.20 bits per heavy atom. The van der Waals surface area contributed by atoms with Crippen LogP contribution in [0.1, 0.15) is 18.9 Å². The standard InChI is InChI=1S/C17H18O3/c1-2-12-20-17(19,13-18)16-10-8-15(9-11-16)14-6-4-3-5-7-14/h3-11,13,19H,2,12H2,1H3/t17-/m1/s1. The van der Waals surface area contributed by atoms with Crippen molar-refractivity contribution in [2.75, 3.05) is 6.61 Å². The Bertz CT molecular complexity index is 548. The topological polar surface area (TPSA) is 46.5 Å². The summed E-state index contributed by atoms with van der Waals surface area (Å²) in [6, 6.07) is 17.1. The van der Waals surface area contributed by atoms with E-state index in [9.17, 15) is 9.90 Å². The highest BCUT2D eigenvalue weighted by Crippen LogP contribution is 2.25. The lowest BCUT2D eigenvalue weighted by molar-refractivity contribution is -0.199. The first-order chi connectivity index (χ1) is 9.69. The molecule has 0 fully saturated rings. The summed E-state index contributed by atoms with van der Waals surface area (Å²) in [5.74, 6) is -1.86. The number of aldehydes is 1. The van der Waals surface area contributed by atoms with Crippen LogP contribution >= 0.6 is 0 Å². The van der Waals surface area contributed by atoms with Crippen LogP contribution in [0.4, 0.5) is 0 Å². The lowest BCUT2D eigenvalue weighted by atomic mass is 10.0. The van der Waals surface area contributed by atoms with Crippen molar-refractivity contribution in [1.82, 2.24) is 0 Å². The molecule has 104 valence electrons. The lowest BCUT2D eigenvalue weighted by Gasteiger charge is -2.22. The van der Waals surface area contributed by atoms with Gasteiger partial charge in [0.2, 0.25) is 0 Å². The number of carbonyl (C=O) groups excluding carboxylic acids is 1. The molecule has 0 saturated carbocycles. The van der Waals surface area contributed by atoms with Gasteiger partial charge in [0.1, 0.15) is 0 Å². The first kappa shape index (κ1) is 14.4. The van der Waals surface area contributed by atoms with Crippen LogP contribution < -0.4 is 0 Å². The van der Waals surface area contributed by atoms with E-state index in [0.29, 0.717) is 18.5 Å². The second-order valence-electron chi connectivity index (χ2n) is 4.61. The van der Waals surface area contributed by atoms with Gasteiger partial charge in [0, 0.05) is 5.56 Å². The van der Waals surface area contributed by atoms with Crippen molar-refractivity contribution in [1.29, 1.82) is 0 Å². The highest BCUT2D eigenvalue weighted by molar-refractivity contribution is 5.67. The van der Waals surface area contributed by atoms with Gasteiger partial charge >= 0.3 is 0 Å². The van der Waals surface area contributed by atoms with E-state index in [1.54, 1.807) is 12.1 Å². The second-order valence-corrected chi connectivity index (χ2v) is 4.61. The Morgan fingerprint density at radius 2 is 1.65 bits per heavy atom. The van der Waals surface area contributed by atoms with Crippen molar-refractivity contribution in [3.8, 4) is 11.1 Å². The zero-order chi connectivity index (χ0) is 14.4. The summed E-state index contributed by atoms with van der Waals surface area (Å²) in [5, 5.41) is 10.2. The molecule has 0 aliphatic carbocycles. The molecule has 0 radical (unpaired) electrons. The predicted octanol–water partition coefficient (Wildman–Crippen LogP) is 3.12. The normalized spacial score (nSPS) is 13.7. The molecule has 0 unspecified atom stereocenters. The average Bonchev–Trinajstić information content (AvgIpc) is 2.53. The van der Waals surface area contributed by atoms with Gasteiger partial charge in [0.25, 0.3) is 5.79 Å². The summed E-state index contributed by atoms with van der Waals surface area (Å²) in [6.07, 6.45) is 1.17. The number of benzene rings is 2. The summed E-state index contributed by atoms with van der Waals surface area (Å²) in [7, 11) is 0. The third kappa shape index (κ3) is 3.13. The monoisotopic (exact) mass is 270 g/mol. The average molecular weight is 270 g/mol. The van der Waals surface area contributed by atoms with Gasteiger partial charge in [-0.1, -0.05) is 61.5 Å². The summed E-state index contributed by atoms with van der Waals surface area (Å²) in [6.45, 7) is 2.25. The number of ether oxygens (including phenoxy) is 1. The quantitative estimate of drug-likeness (QED) is 0.648. The van der Waals surface area contributed by atoms with Crippen molar-refractivity contribution in [2.24, 2.45) is 0 Å². The zero-order valence-electron chi connectivity index (χ0n) is 11.5. The number of hydrogen-bond donors (Lipinski definition) is 1. The molecule has 0 aromatic heterocycles. The maximum absolute atomic E-state index is 11.1. The van der Waals surface area contributed by atoms with Crippen molar-refractivity contribution >= 4 is 6.29 Å². The molecule has 20 heavy (non-hydrogen) atoms. The Labute approximate surface area is 118 Å². The van der Waals surface area contributed by atoms with E-state index in [-0.39, 0.29) is 0 Å². The van der Waals surface area contributed by atoms with Gasteiger partial charge in [-0.2, -0.15) is 0 Å². The van der Waals surface area contributed by atoms with E-state index in [0.717, 1.165) is 17.5 Å². The molecule has 1 N–H and O–H groups in total. The van der Waals surface area contributed by atoms with Gasteiger partial charge in [-0.3, -0.25) is 4.79 Å². The molecule has 1 atom stereocenters.